The van der Waals surface area contributed by atoms with Crippen LogP contribution in [-0.2, 0) is 10.9 Å². The summed E-state index contributed by atoms with van der Waals surface area (Å²) in [7, 11) is -2.02. The highest BCUT2D eigenvalue weighted by atomic mass is 32.2. The number of halogens is 17. The Morgan fingerprint density at radius 2 is 0.407 bits per heavy atom. The monoisotopic (exact) mass is 1340 g/mol. The van der Waals surface area contributed by atoms with Crippen molar-refractivity contribution in [2.75, 3.05) is 0 Å². The predicted molar refractivity (Wildman–Crippen MR) is 315 cm³/mol. The summed E-state index contributed by atoms with van der Waals surface area (Å²) < 4.78 is 244. The van der Waals surface area contributed by atoms with Crippen LogP contribution in [0.25, 0.3) is 33.4 Å². The molecule has 10 rings (SSSR count). The highest BCUT2D eigenvalue weighted by Crippen LogP contribution is 2.46. The van der Waals surface area contributed by atoms with E-state index in [2.05, 4.69) is 72.8 Å². The number of rotatable bonds is 15. The molecule has 0 amide bonds. The van der Waals surface area contributed by atoms with Crippen molar-refractivity contribution < 1.29 is 89.0 Å². The molecule has 3 nitrogen and oxygen atoms in total. The van der Waals surface area contributed by atoms with Gasteiger partial charge in [-0.3, -0.25) is 14.4 Å². The Hall–Kier alpha value is -8.52. The maximum atomic E-state index is 14.9. The van der Waals surface area contributed by atoms with Crippen LogP contribution in [0.4, 0.5) is 74.6 Å². The SMILES string of the molecule is CC(=O)c1ccc(Sc2ccc([S+](c3ccc(Sc4ccc(C(C)=O)cc4)cc3)c3ccc(Sc4ccc(C(C)=O)cc4)cc3)cc2)cc1.[BH3-]c1c(F)c(F)c(-c2c(F)c(F)c(-c3c(F)c(F)c(-c4c(F)c(F)c(F)c(F)c4F)c(F)c3F)c(F)c2F)c(F)c1F. The maximum absolute atomic E-state index is 14.9. The third-order valence-corrected chi connectivity index (χ3v) is 18.5. The largest absolute Gasteiger partial charge is 0.295 e. The van der Waals surface area contributed by atoms with Crippen molar-refractivity contribution in [1.82, 2.24) is 0 Å². The minimum Gasteiger partial charge on any atom is -0.295 e. The van der Waals surface area contributed by atoms with Crippen molar-refractivity contribution in [3.8, 4) is 33.4 Å². The molecule has 0 heterocycles. The van der Waals surface area contributed by atoms with Crippen molar-refractivity contribution in [1.29, 1.82) is 0 Å². The highest BCUT2D eigenvalue weighted by molar-refractivity contribution is 8.00. The van der Waals surface area contributed by atoms with Gasteiger partial charge in [-0.25, -0.2) is 74.6 Å². The first-order valence-corrected chi connectivity index (χ1v) is 29.3. The van der Waals surface area contributed by atoms with E-state index in [1.807, 2.05) is 72.8 Å². The first-order valence-electron chi connectivity index (χ1n) is 25.6. The lowest BCUT2D eigenvalue weighted by Crippen LogP contribution is -2.20. The number of benzene rings is 10. The van der Waals surface area contributed by atoms with Gasteiger partial charge in [0.05, 0.1) is 44.3 Å². The van der Waals surface area contributed by atoms with Crippen molar-refractivity contribution in [2.45, 2.75) is 64.8 Å². The number of carbonyl (C=O) groups excluding carboxylic acids is 3. The second kappa shape index (κ2) is 27.5. The summed E-state index contributed by atoms with van der Waals surface area (Å²) in [6, 6.07) is 49.5. The van der Waals surface area contributed by atoms with Crippen LogP contribution in [0.3, 0.4) is 0 Å². The van der Waals surface area contributed by atoms with E-state index in [1.54, 1.807) is 56.1 Å². The standard InChI is InChI=1S/C42H33O3S4.C24H3BF17/c1-28(43)31-4-10-34(11-5-31)46-37-16-22-40(23-17-37)49(41-24-18-38(19-25-41)47-35-12-6-32(7-13-35)29(2)44)42-26-20-39(21-27-42)48-36-14-8-33(9-15-36)30(3)45;25-7-20(38)16(34)5(17(35)21(7)39)3-12(30)8(26)1(9(27)13(3)31)2-10(28)14(32)4(15(33)11(2)29)6-18(36)22(40)24(42)23(41)19(6)37/h4-27H,1-3H3;25H3/q+1;-1. The minimum atomic E-state index is -3.11. The number of hydrogen-bond donors (Lipinski definition) is 0. The fraction of sp³-hybridized carbons (Fsp3) is 0.0455. The summed E-state index contributed by atoms with van der Waals surface area (Å²) in [6.45, 7) is 4.75. The molecule has 0 unspecified atom stereocenters. The Morgan fingerprint density at radius 1 is 0.253 bits per heavy atom. The zero-order chi connectivity index (χ0) is 66.2. The molecule has 0 aliphatic carbocycles. The summed E-state index contributed by atoms with van der Waals surface area (Å²) >= 11 is 5.04. The molecule has 25 heteroatoms. The van der Waals surface area contributed by atoms with Gasteiger partial charge in [0.25, 0.3) is 0 Å². The van der Waals surface area contributed by atoms with Crippen LogP contribution in [0, 0.1) is 98.9 Å². The third kappa shape index (κ3) is 13.5. The van der Waals surface area contributed by atoms with Gasteiger partial charge in [0.15, 0.2) is 113 Å². The fourth-order valence-corrected chi connectivity index (χ4v) is 13.2. The van der Waals surface area contributed by atoms with Crippen LogP contribution in [0.2, 0.25) is 0 Å². The molecule has 10 aromatic carbocycles. The fourth-order valence-electron chi connectivity index (χ4n) is 8.73. The molecule has 0 saturated carbocycles. The van der Waals surface area contributed by atoms with Gasteiger partial charge in [-0.15, -0.1) is 5.46 Å². The average Bonchev–Trinajstić information content (AvgIpc) is 0.733. The smallest absolute Gasteiger partial charge is 0.200 e. The molecular formula is C66H36BF17O3S4. The van der Waals surface area contributed by atoms with Gasteiger partial charge in [-0.05, 0) is 138 Å². The first kappa shape index (κ1) is 66.9. The Balaban J connectivity index is 0.000000218. The van der Waals surface area contributed by atoms with Crippen molar-refractivity contribution >= 4 is 76.8 Å². The lowest BCUT2D eigenvalue weighted by atomic mass is 9.89. The van der Waals surface area contributed by atoms with Crippen molar-refractivity contribution in [3.63, 3.8) is 0 Å². The predicted octanol–water partition coefficient (Wildman–Crippen LogP) is 18.9. The highest BCUT2D eigenvalue weighted by Gasteiger charge is 2.39. The summed E-state index contributed by atoms with van der Waals surface area (Å²) in [5.41, 5.74) is -14.5. The Bertz CT molecular complexity index is 4040. The number of carbonyl (C=O) groups is 3. The van der Waals surface area contributed by atoms with E-state index < -0.39 is 146 Å². The summed E-state index contributed by atoms with van der Waals surface area (Å²) in [6.07, 6.45) is 0. The molecule has 0 radical (unpaired) electrons. The molecule has 0 saturated heterocycles. The van der Waals surface area contributed by atoms with E-state index in [0.717, 1.165) is 29.4 Å². The van der Waals surface area contributed by atoms with Gasteiger partial charge in [-0.1, -0.05) is 71.7 Å². The van der Waals surface area contributed by atoms with Crippen LogP contribution in [0.15, 0.2) is 190 Å². The third-order valence-electron chi connectivity index (χ3n) is 13.2. The normalized spacial score (nSPS) is 11.3. The average molecular weight is 1340 g/mol. The zero-order valence-corrected chi connectivity index (χ0v) is 48.9. The number of Topliss-reactive ketones (excluding diaryl/α,β-unsaturated/α-hetero) is 3. The number of ketones is 3. The quantitative estimate of drug-likeness (QED) is 0.0255. The number of hydrogen-bond acceptors (Lipinski definition) is 6. The second-order valence-electron chi connectivity index (χ2n) is 19.0. The Labute approximate surface area is 522 Å². The van der Waals surface area contributed by atoms with E-state index in [1.165, 1.54) is 14.7 Å². The Morgan fingerprint density at radius 3 is 0.593 bits per heavy atom. The summed E-state index contributed by atoms with van der Waals surface area (Å²) in [5.74, 6) is -48.4. The minimum absolute atomic E-state index is 0.0674. The summed E-state index contributed by atoms with van der Waals surface area (Å²) in [4.78, 5) is 45.4. The van der Waals surface area contributed by atoms with Crippen LogP contribution in [0.5, 0.6) is 0 Å². The van der Waals surface area contributed by atoms with Crippen molar-refractivity contribution in [2.24, 2.45) is 0 Å². The summed E-state index contributed by atoms with van der Waals surface area (Å²) in [5, 5.41) is 0. The van der Waals surface area contributed by atoms with E-state index in [0.29, 0.717) is 16.7 Å². The maximum Gasteiger partial charge on any atom is 0.200 e. The molecule has 0 aliphatic heterocycles. The molecule has 0 aliphatic rings. The molecule has 91 heavy (non-hydrogen) atoms. The molecular weight excluding hydrogens is 1300 g/mol. The molecule has 464 valence electrons. The van der Waals surface area contributed by atoms with Gasteiger partial charge in [0, 0.05) is 46.1 Å². The molecule has 0 N–H and O–H groups in total. The molecule has 0 aromatic heterocycles. The van der Waals surface area contributed by atoms with Gasteiger partial charge in [0.1, 0.15) is 11.6 Å². The topological polar surface area (TPSA) is 51.2 Å². The molecule has 0 fully saturated rings. The molecule has 0 bridgehead atoms. The van der Waals surface area contributed by atoms with E-state index in [9.17, 15) is 89.0 Å². The lowest BCUT2D eigenvalue weighted by molar-refractivity contribution is 0.100. The van der Waals surface area contributed by atoms with E-state index >= 15 is 0 Å². The first-order chi connectivity index (χ1) is 43.1. The molecule has 0 atom stereocenters. The molecule has 0 spiro atoms. The van der Waals surface area contributed by atoms with E-state index in [4.69, 9.17) is 0 Å². The van der Waals surface area contributed by atoms with Gasteiger partial charge >= 0.3 is 0 Å². The van der Waals surface area contributed by atoms with Gasteiger partial charge in [-0.2, -0.15) is 0 Å². The van der Waals surface area contributed by atoms with Crippen molar-refractivity contribution in [3.05, 3.63) is 261 Å². The van der Waals surface area contributed by atoms with Crippen LogP contribution < -0.4 is 5.46 Å². The molecule has 10 aromatic rings. The zero-order valence-electron chi connectivity index (χ0n) is 45.6. The van der Waals surface area contributed by atoms with Crippen LogP contribution in [0.1, 0.15) is 51.8 Å². The lowest BCUT2D eigenvalue weighted by Gasteiger charge is -2.18. The Kier molecular flexibility index (Phi) is 20.2. The van der Waals surface area contributed by atoms with Crippen LogP contribution >= 0.6 is 35.3 Å². The van der Waals surface area contributed by atoms with Crippen LogP contribution in [-0.4, -0.2) is 25.2 Å². The van der Waals surface area contributed by atoms with Gasteiger partial charge in [0.2, 0.25) is 5.82 Å². The second-order valence-corrected chi connectivity index (χ2v) is 24.4. The van der Waals surface area contributed by atoms with Gasteiger partial charge < -0.3 is 0 Å². The van der Waals surface area contributed by atoms with E-state index in [-0.39, 0.29) is 28.2 Å².